The van der Waals surface area contributed by atoms with Crippen molar-refractivity contribution in [3.8, 4) is 22.8 Å². The van der Waals surface area contributed by atoms with Crippen LogP contribution in [-0.4, -0.2) is 35.5 Å². The molecule has 0 saturated carbocycles. The first-order valence-electron chi connectivity index (χ1n) is 9.83. The monoisotopic (exact) mass is 405 g/mol. The van der Waals surface area contributed by atoms with Crippen LogP contribution in [0.4, 0.5) is 11.6 Å². The minimum absolute atomic E-state index is 0.333. The van der Waals surface area contributed by atoms with Crippen LogP contribution in [0.1, 0.15) is 41.5 Å². The van der Waals surface area contributed by atoms with Crippen molar-refractivity contribution in [1.82, 2.24) is 15.0 Å². The van der Waals surface area contributed by atoms with Gasteiger partial charge in [-0.15, -0.1) is 0 Å². The van der Waals surface area contributed by atoms with Crippen molar-refractivity contribution in [3.63, 3.8) is 0 Å². The van der Waals surface area contributed by atoms with Gasteiger partial charge < -0.3 is 0 Å². The maximum absolute atomic E-state index is 12.5. The molecule has 0 radical (unpaired) electrons. The largest absolute Gasteiger partial charge is 0.362 e. The Labute approximate surface area is 176 Å². The Balaban J connectivity index is 1.99. The highest BCUT2D eigenvalue weighted by Gasteiger charge is 2.30. The van der Waals surface area contributed by atoms with Crippen LogP contribution in [-0.2, 0) is 0 Å². The topological polar surface area (TPSA) is 78.8 Å². The first kappa shape index (κ1) is 21.4. The molecule has 30 heavy (non-hydrogen) atoms. The molecule has 7 heteroatoms. The van der Waals surface area contributed by atoms with Crippen LogP contribution >= 0.6 is 0 Å². The summed E-state index contributed by atoms with van der Waals surface area (Å²) in [6, 6.07) is 16.1. The zero-order valence-corrected chi connectivity index (χ0v) is 18.2. The van der Waals surface area contributed by atoms with Gasteiger partial charge in [-0.25, -0.2) is 4.98 Å². The summed E-state index contributed by atoms with van der Waals surface area (Å²) in [7, 11) is 0. The average Bonchev–Trinajstić information content (AvgIpc) is 2.71. The molecule has 0 aliphatic rings. The molecule has 0 saturated heterocycles. The van der Waals surface area contributed by atoms with Gasteiger partial charge in [-0.05, 0) is 97.4 Å². The number of hydrogen-bond donors (Lipinski definition) is 0. The SMILES string of the molecule is CC(C)(C)[N+](=O)c1cccc(-c2cccc(-c3cccc([N+](=O)C(C)(C)C)n3)n2)n1. The van der Waals surface area contributed by atoms with Crippen LogP contribution in [0.2, 0.25) is 0 Å². The zero-order chi connectivity index (χ0) is 22.1. The number of hydrogen-bond acceptors (Lipinski definition) is 5. The Kier molecular flexibility index (Phi) is 5.57. The van der Waals surface area contributed by atoms with Gasteiger partial charge in [0.2, 0.25) is 11.4 Å². The molecule has 3 heterocycles. The van der Waals surface area contributed by atoms with Crippen molar-refractivity contribution in [2.75, 3.05) is 0 Å². The second-order valence-electron chi connectivity index (χ2n) is 9.10. The van der Waals surface area contributed by atoms with E-state index in [0.717, 1.165) is 9.52 Å². The Morgan fingerprint density at radius 3 is 1.17 bits per heavy atom. The van der Waals surface area contributed by atoms with E-state index >= 15 is 0 Å². The van der Waals surface area contributed by atoms with E-state index in [0.29, 0.717) is 34.4 Å². The highest BCUT2D eigenvalue weighted by molar-refractivity contribution is 5.62. The first-order chi connectivity index (χ1) is 14.0. The van der Waals surface area contributed by atoms with Crippen molar-refractivity contribution in [2.24, 2.45) is 0 Å². The standard InChI is InChI=1S/C23H27N5O2/c1-22(2,3)27(29)20-14-8-12-18(25-20)16-10-7-11-17(24-16)19-13-9-15-21(26-19)28(30)23(4,5)6/h7-15H,1-6H3/q+2. The first-order valence-corrected chi connectivity index (χ1v) is 9.83. The quantitative estimate of drug-likeness (QED) is 0.526. The van der Waals surface area contributed by atoms with E-state index in [1.807, 2.05) is 71.9 Å². The molecular formula is C23H27N5O2+2. The second-order valence-corrected chi connectivity index (χ2v) is 9.10. The molecule has 0 aromatic carbocycles. The zero-order valence-electron chi connectivity index (χ0n) is 18.2. The Morgan fingerprint density at radius 1 is 0.533 bits per heavy atom. The van der Waals surface area contributed by atoms with Gasteiger partial charge in [-0.1, -0.05) is 15.9 Å². The minimum Gasteiger partial charge on any atom is -0.240 e. The van der Waals surface area contributed by atoms with E-state index < -0.39 is 11.1 Å². The Bertz CT molecular complexity index is 1030. The molecule has 3 aromatic rings. The van der Waals surface area contributed by atoms with E-state index in [4.69, 9.17) is 0 Å². The molecule has 0 fully saturated rings. The van der Waals surface area contributed by atoms with Crippen LogP contribution in [0.5, 0.6) is 0 Å². The number of pyridine rings is 3. The minimum atomic E-state index is -0.595. The van der Waals surface area contributed by atoms with E-state index in [1.54, 1.807) is 24.3 Å². The highest BCUT2D eigenvalue weighted by Crippen LogP contribution is 2.26. The third-order valence-electron chi connectivity index (χ3n) is 4.38. The van der Waals surface area contributed by atoms with E-state index in [9.17, 15) is 9.81 Å². The molecule has 0 amide bonds. The van der Waals surface area contributed by atoms with Crippen molar-refractivity contribution in [1.29, 1.82) is 0 Å². The summed E-state index contributed by atoms with van der Waals surface area (Å²) in [5, 5.41) is 0. The number of nitrogens with zero attached hydrogens (tertiary/aromatic N) is 5. The van der Waals surface area contributed by atoms with Crippen LogP contribution in [0, 0.1) is 9.81 Å². The van der Waals surface area contributed by atoms with Gasteiger partial charge in [0.1, 0.15) is 22.5 Å². The van der Waals surface area contributed by atoms with Crippen molar-refractivity contribution >= 4 is 11.6 Å². The summed E-state index contributed by atoms with van der Waals surface area (Å²) in [5.74, 6) is 0.666. The summed E-state index contributed by atoms with van der Waals surface area (Å²) in [5.41, 5.74) is 1.24. The molecular weight excluding hydrogens is 378 g/mol. The van der Waals surface area contributed by atoms with Gasteiger partial charge in [0.25, 0.3) is 0 Å². The maximum atomic E-state index is 12.5. The second kappa shape index (κ2) is 7.82. The lowest BCUT2D eigenvalue weighted by Gasteiger charge is -2.11. The average molecular weight is 406 g/mol. The molecule has 0 atom stereocenters. The van der Waals surface area contributed by atoms with Crippen molar-refractivity contribution < 1.29 is 9.52 Å². The van der Waals surface area contributed by atoms with Crippen molar-refractivity contribution in [2.45, 2.75) is 52.6 Å². The lowest BCUT2D eigenvalue weighted by atomic mass is 10.1. The number of rotatable bonds is 4. The van der Waals surface area contributed by atoms with Gasteiger partial charge >= 0.3 is 11.6 Å². The Hall–Kier alpha value is -3.35. The van der Waals surface area contributed by atoms with Gasteiger partial charge in [0.15, 0.2) is 0 Å². The predicted molar refractivity (Wildman–Crippen MR) is 117 cm³/mol. The van der Waals surface area contributed by atoms with Gasteiger partial charge in [0, 0.05) is 12.1 Å². The highest BCUT2D eigenvalue weighted by atomic mass is 16.3. The summed E-state index contributed by atoms with van der Waals surface area (Å²) in [6.07, 6.45) is 0. The molecule has 3 aromatic heterocycles. The maximum Gasteiger partial charge on any atom is 0.362 e. The molecule has 0 spiro atoms. The van der Waals surface area contributed by atoms with Crippen LogP contribution in [0.3, 0.4) is 0 Å². The van der Waals surface area contributed by atoms with E-state index in [-0.39, 0.29) is 0 Å². The molecule has 0 bridgehead atoms. The van der Waals surface area contributed by atoms with Crippen molar-refractivity contribution in [3.05, 3.63) is 64.4 Å². The third kappa shape index (κ3) is 4.62. The van der Waals surface area contributed by atoms with Crippen LogP contribution in [0.25, 0.3) is 22.8 Å². The molecule has 0 aliphatic heterocycles. The van der Waals surface area contributed by atoms with E-state index in [1.165, 1.54) is 0 Å². The molecule has 0 aliphatic carbocycles. The smallest absolute Gasteiger partial charge is 0.240 e. The Morgan fingerprint density at radius 2 is 0.833 bits per heavy atom. The molecule has 3 rings (SSSR count). The van der Waals surface area contributed by atoms with Crippen LogP contribution < -0.4 is 0 Å². The fraction of sp³-hybridized carbons (Fsp3) is 0.348. The van der Waals surface area contributed by atoms with Gasteiger partial charge in [-0.2, -0.15) is 0 Å². The van der Waals surface area contributed by atoms with Gasteiger partial charge in [-0.3, -0.25) is 0 Å². The lowest BCUT2D eigenvalue weighted by molar-refractivity contribution is -0.543. The summed E-state index contributed by atoms with van der Waals surface area (Å²) >= 11 is 0. The van der Waals surface area contributed by atoms with E-state index in [2.05, 4.69) is 15.0 Å². The molecule has 0 unspecified atom stereocenters. The molecule has 154 valence electrons. The molecule has 7 nitrogen and oxygen atoms in total. The summed E-state index contributed by atoms with van der Waals surface area (Å²) < 4.78 is 1.78. The fourth-order valence-corrected chi connectivity index (χ4v) is 2.77. The predicted octanol–water partition coefficient (Wildman–Crippen LogP) is 5.62. The summed E-state index contributed by atoms with van der Waals surface area (Å²) in [4.78, 5) is 38.7. The number of aromatic nitrogens is 3. The lowest BCUT2D eigenvalue weighted by Crippen LogP contribution is -2.27. The number of nitroso groups, excluding NO2 is 2. The summed E-state index contributed by atoms with van der Waals surface area (Å²) in [6.45, 7) is 11.0. The normalized spacial score (nSPS) is 11.9. The third-order valence-corrected chi connectivity index (χ3v) is 4.38. The van der Waals surface area contributed by atoms with Crippen LogP contribution in [0.15, 0.2) is 54.6 Å². The van der Waals surface area contributed by atoms with Gasteiger partial charge in [0.05, 0.1) is 0 Å². The molecule has 0 N–H and O–H groups in total. The fourth-order valence-electron chi connectivity index (χ4n) is 2.77.